The Morgan fingerprint density at radius 3 is 1.79 bits per heavy atom. The standard InChI is InChI=1S/C25H29N6O2/c1-18-4-8-20(9-5-18)24-26-22(32-28-24)16-30-12-14-31(3,15-13-30)17-23-27-25(29-33-23)21-10-6-19(2)7-11-21/h4-11H,12-17H2,1-3H3/q+1/p+1. The summed E-state index contributed by atoms with van der Waals surface area (Å²) in [5.41, 5.74) is 4.40. The van der Waals surface area contributed by atoms with Gasteiger partial charge in [0.2, 0.25) is 11.6 Å². The first-order chi connectivity index (χ1) is 16.0. The van der Waals surface area contributed by atoms with E-state index in [0.29, 0.717) is 23.4 Å². The van der Waals surface area contributed by atoms with Crippen LogP contribution in [-0.4, -0.2) is 58.0 Å². The summed E-state index contributed by atoms with van der Waals surface area (Å²) in [6.07, 6.45) is 0. The Kier molecular flexibility index (Phi) is 5.78. The number of hydrogen-bond acceptors (Lipinski definition) is 6. The van der Waals surface area contributed by atoms with Gasteiger partial charge in [0.25, 0.3) is 11.8 Å². The second-order valence-electron chi connectivity index (χ2n) is 9.41. The molecule has 3 heterocycles. The van der Waals surface area contributed by atoms with Gasteiger partial charge in [-0.3, -0.25) is 0 Å². The molecule has 0 saturated carbocycles. The van der Waals surface area contributed by atoms with E-state index in [0.717, 1.165) is 54.9 Å². The average Bonchev–Trinajstić information content (AvgIpc) is 3.46. The number of piperazine rings is 1. The van der Waals surface area contributed by atoms with Gasteiger partial charge in [-0.15, -0.1) is 0 Å². The Morgan fingerprint density at radius 1 is 0.758 bits per heavy atom. The van der Waals surface area contributed by atoms with Crippen molar-refractivity contribution >= 4 is 0 Å². The van der Waals surface area contributed by atoms with Crippen LogP contribution in [0.1, 0.15) is 22.9 Å². The van der Waals surface area contributed by atoms with E-state index in [1.807, 2.05) is 24.3 Å². The van der Waals surface area contributed by atoms with Crippen molar-refractivity contribution in [1.29, 1.82) is 0 Å². The minimum Gasteiger partial charge on any atom is -0.333 e. The zero-order valence-electron chi connectivity index (χ0n) is 19.4. The number of rotatable bonds is 6. The van der Waals surface area contributed by atoms with Gasteiger partial charge in [-0.05, 0) is 13.8 Å². The number of benzene rings is 2. The van der Waals surface area contributed by atoms with Crippen LogP contribution in [0.5, 0.6) is 0 Å². The minimum atomic E-state index is 0.654. The summed E-state index contributed by atoms with van der Waals surface area (Å²) < 4.78 is 12.0. The molecule has 1 fully saturated rings. The lowest BCUT2D eigenvalue weighted by atomic mass is 10.1. The summed E-state index contributed by atoms with van der Waals surface area (Å²) >= 11 is 0. The molecule has 170 valence electrons. The highest BCUT2D eigenvalue weighted by molar-refractivity contribution is 5.55. The maximum atomic E-state index is 5.58. The molecule has 0 bridgehead atoms. The van der Waals surface area contributed by atoms with Gasteiger partial charge in [-0.25, -0.2) is 0 Å². The molecule has 1 saturated heterocycles. The molecule has 1 N–H and O–H groups in total. The molecule has 1 aliphatic rings. The third kappa shape index (κ3) is 5.02. The molecule has 5 rings (SSSR count). The van der Waals surface area contributed by atoms with E-state index >= 15 is 0 Å². The Bertz CT molecular complexity index is 1200. The molecule has 4 aromatic rings. The fraction of sp³-hybridized carbons (Fsp3) is 0.360. The van der Waals surface area contributed by atoms with Crippen LogP contribution < -0.4 is 4.90 Å². The van der Waals surface area contributed by atoms with Crippen LogP contribution in [0.2, 0.25) is 0 Å². The summed E-state index contributed by atoms with van der Waals surface area (Å²) in [6, 6.07) is 16.4. The van der Waals surface area contributed by atoms with Crippen LogP contribution in [0.3, 0.4) is 0 Å². The van der Waals surface area contributed by atoms with E-state index in [9.17, 15) is 0 Å². The van der Waals surface area contributed by atoms with Crippen molar-refractivity contribution in [1.82, 2.24) is 20.3 Å². The average molecular weight is 447 g/mol. The zero-order valence-corrected chi connectivity index (χ0v) is 19.4. The highest BCUT2D eigenvalue weighted by Gasteiger charge is 2.34. The molecule has 0 radical (unpaired) electrons. The Balaban J connectivity index is 1.16. The maximum absolute atomic E-state index is 5.58. The minimum absolute atomic E-state index is 0.654. The van der Waals surface area contributed by atoms with Crippen LogP contribution in [0.25, 0.3) is 22.8 Å². The van der Waals surface area contributed by atoms with Crippen LogP contribution >= 0.6 is 0 Å². The van der Waals surface area contributed by atoms with Gasteiger partial charge >= 0.3 is 0 Å². The van der Waals surface area contributed by atoms with Crippen molar-refractivity contribution in [3.63, 3.8) is 0 Å². The molecule has 2 aromatic carbocycles. The number of quaternary nitrogens is 2. The molecule has 1 aliphatic heterocycles. The van der Waals surface area contributed by atoms with Crippen LogP contribution in [0.15, 0.2) is 57.6 Å². The Hall–Kier alpha value is -3.36. The number of aromatic nitrogens is 4. The largest absolute Gasteiger partial charge is 0.333 e. The highest BCUT2D eigenvalue weighted by atomic mass is 16.5. The van der Waals surface area contributed by atoms with Crippen molar-refractivity contribution in [3.8, 4) is 22.8 Å². The van der Waals surface area contributed by atoms with E-state index in [1.165, 1.54) is 16.0 Å². The van der Waals surface area contributed by atoms with Gasteiger partial charge < -0.3 is 18.4 Å². The van der Waals surface area contributed by atoms with Crippen molar-refractivity contribution < 1.29 is 18.4 Å². The number of likely N-dealkylation sites (N-methyl/N-ethyl adjacent to an activating group) is 1. The number of nitrogens with one attached hydrogen (secondary N) is 1. The number of hydrogen-bond donors (Lipinski definition) is 1. The lowest BCUT2D eigenvalue weighted by Crippen LogP contribution is -3.14. The van der Waals surface area contributed by atoms with Gasteiger partial charge in [-0.1, -0.05) is 70.0 Å². The molecule has 33 heavy (non-hydrogen) atoms. The van der Waals surface area contributed by atoms with Crippen molar-refractivity contribution in [2.24, 2.45) is 0 Å². The second-order valence-corrected chi connectivity index (χ2v) is 9.41. The molecular weight excluding hydrogens is 416 g/mol. The van der Waals surface area contributed by atoms with Gasteiger partial charge in [-0.2, -0.15) is 9.97 Å². The van der Waals surface area contributed by atoms with Crippen LogP contribution in [-0.2, 0) is 13.1 Å². The normalized spacial score (nSPS) is 20.8. The van der Waals surface area contributed by atoms with E-state index < -0.39 is 0 Å². The molecule has 0 aliphatic carbocycles. The molecule has 0 spiro atoms. The Morgan fingerprint density at radius 2 is 1.24 bits per heavy atom. The van der Waals surface area contributed by atoms with Crippen molar-refractivity contribution in [2.75, 3.05) is 33.2 Å². The monoisotopic (exact) mass is 446 g/mol. The summed E-state index contributed by atoms with van der Waals surface area (Å²) in [7, 11) is 2.26. The lowest BCUT2D eigenvalue weighted by molar-refractivity contribution is -1.03. The maximum Gasteiger partial charge on any atom is 0.282 e. The van der Waals surface area contributed by atoms with Gasteiger partial charge in [0.15, 0.2) is 13.1 Å². The van der Waals surface area contributed by atoms with E-state index in [4.69, 9.17) is 9.05 Å². The van der Waals surface area contributed by atoms with Crippen LogP contribution in [0.4, 0.5) is 0 Å². The topological polar surface area (TPSA) is 82.3 Å². The summed E-state index contributed by atoms with van der Waals surface area (Å²) in [6.45, 7) is 9.72. The van der Waals surface area contributed by atoms with Gasteiger partial charge in [0.1, 0.15) is 26.2 Å². The third-order valence-electron chi connectivity index (χ3n) is 6.48. The third-order valence-corrected chi connectivity index (χ3v) is 6.48. The number of nitrogens with zero attached hydrogens (tertiary/aromatic N) is 5. The fourth-order valence-electron chi connectivity index (χ4n) is 4.25. The second kappa shape index (κ2) is 8.88. The first-order valence-corrected chi connectivity index (χ1v) is 11.4. The van der Waals surface area contributed by atoms with Gasteiger partial charge in [0, 0.05) is 11.1 Å². The first-order valence-electron chi connectivity index (χ1n) is 11.4. The number of aryl methyl sites for hydroxylation is 2. The van der Waals surface area contributed by atoms with Crippen molar-refractivity contribution in [3.05, 3.63) is 71.4 Å². The highest BCUT2D eigenvalue weighted by Crippen LogP contribution is 2.19. The zero-order chi connectivity index (χ0) is 22.8. The van der Waals surface area contributed by atoms with Gasteiger partial charge in [0.05, 0.1) is 7.05 Å². The fourth-order valence-corrected chi connectivity index (χ4v) is 4.25. The predicted octanol–water partition coefficient (Wildman–Crippen LogP) is 2.45. The molecule has 0 unspecified atom stereocenters. The molecule has 0 atom stereocenters. The quantitative estimate of drug-likeness (QED) is 0.458. The lowest BCUT2D eigenvalue weighted by Gasteiger charge is -2.38. The Labute approximate surface area is 193 Å². The SMILES string of the molecule is Cc1ccc(-c2noc(C[NH+]3CC[N+](C)(Cc4nc(-c5ccc(C)cc5)no4)CC3)n2)cc1. The summed E-state index contributed by atoms with van der Waals surface area (Å²) in [5.74, 6) is 2.69. The van der Waals surface area contributed by atoms with Crippen molar-refractivity contribution in [2.45, 2.75) is 26.9 Å². The molecule has 8 heteroatoms. The summed E-state index contributed by atoms with van der Waals surface area (Å²) in [4.78, 5) is 10.7. The molecule has 8 nitrogen and oxygen atoms in total. The predicted molar refractivity (Wildman–Crippen MR) is 123 cm³/mol. The first kappa shape index (κ1) is 21.5. The molecule has 2 aromatic heterocycles. The molecule has 0 amide bonds. The van der Waals surface area contributed by atoms with E-state index in [1.54, 1.807) is 0 Å². The van der Waals surface area contributed by atoms with Crippen LogP contribution in [0, 0.1) is 13.8 Å². The van der Waals surface area contributed by atoms with E-state index in [2.05, 4.69) is 65.4 Å². The smallest absolute Gasteiger partial charge is 0.282 e. The molecular formula is C25H30N6O2+2. The van der Waals surface area contributed by atoms with E-state index in [-0.39, 0.29) is 0 Å². The summed E-state index contributed by atoms with van der Waals surface area (Å²) in [5, 5.41) is 8.35.